The van der Waals surface area contributed by atoms with Crippen molar-refractivity contribution in [3.8, 4) is 5.75 Å². The summed E-state index contributed by atoms with van der Waals surface area (Å²) in [4.78, 5) is 0. The van der Waals surface area contributed by atoms with E-state index in [1.807, 2.05) is 18.2 Å². The lowest BCUT2D eigenvalue weighted by atomic mass is 9.87. The average molecular weight is 405 g/mol. The first-order valence-electron chi connectivity index (χ1n) is 8.07. The predicted molar refractivity (Wildman–Crippen MR) is 107 cm³/mol. The standard InChI is InChI=1S/C19H21BrN2OS/c1-12-10-14(6-9-17(12)20)21-19(24)22-18-5-3-4-13-11-15(23-2)7-8-16(13)18/h6-11,18H,3-5H2,1-2H3,(H2,21,22,24). The lowest BCUT2D eigenvalue weighted by Gasteiger charge is -2.28. The van der Waals surface area contributed by atoms with Gasteiger partial charge >= 0.3 is 0 Å². The summed E-state index contributed by atoms with van der Waals surface area (Å²) in [6.45, 7) is 2.07. The molecule has 1 atom stereocenters. The number of thiocarbonyl (C=S) groups is 1. The minimum absolute atomic E-state index is 0.246. The molecule has 1 aliphatic carbocycles. The molecule has 0 saturated heterocycles. The summed E-state index contributed by atoms with van der Waals surface area (Å²) < 4.78 is 6.43. The van der Waals surface area contributed by atoms with Crippen molar-refractivity contribution in [3.63, 3.8) is 0 Å². The number of fused-ring (bicyclic) bond motifs is 1. The number of benzene rings is 2. The highest BCUT2D eigenvalue weighted by Crippen LogP contribution is 2.32. The smallest absolute Gasteiger partial charge is 0.171 e. The van der Waals surface area contributed by atoms with E-state index in [2.05, 4.69) is 51.7 Å². The van der Waals surface area contributed by atoms with Crippen LogP contribution in [0.3, 0.4) is 0 Å². The number of anilines is 1. The van der Waals surface area contributed by atoms with Crippen molar-refractivity contribution < 1.29 is 4.74 Å². The Hall–Kier alpha value is -1.59. The van der Waals surface area contributed by atoms with Gasteiger partial charge in [0.15, 0.2) is 5.11 Å². The van der Waals surface area contributed by atoms with E-state index < -0.39 is 0 Å². The molecule has 1 unspecified atom stereocenters. The van der Waals surface area contributed by atoms with E-state index in [0.717, 1.165) is 35.2 Å². The monoisotopic (exact) mass is 404 g/mol. The van der Waals surface area contributed by atoms with E-state index >= 15 is 0 Å². The highest BCUT2D eigenvalue weighted by atomic mass is 79.9. The third-order valence-corrected chi connectivity index (χ3v) is 5.50. The Morgan fingerprint density at radius 3 is 2.83 bits per heavy atom. The third kappa shape index (κ3) is 3.90. The van der Waals surface area contributed by atoms with Crippen LogP contribution in [0.5, 0.6) is 5.75 Å². The zero-order valence-electron chi connectivity index (χ0n) is 13.9. The molecule has 2 N–H and O–H groups in total. The van der Waals surface area contributed by atoms with E-state index in [1.54, 1.807) is 7.11 Å². The summed E-state index contributed by atoms with van der Waals surface area (Å²) in [6.07, 6.45) is 3.33. The Kier molecular flexibility index (Phi) is 5.41. The van der Waals surface area contributed by atoms with E-state index in [1.165, 1.54) is 16.7 Å². The summed E-state index contributed by atoms with van der Waals surface area (Å²) in [5.41, 5.74) is 4.84. The van der Waals surface area contributed by atoms with E-state index in [-0.39, 0.29) is 6.04 Å². The molecule has 0 aliphatic heterocycles. The molecule has 2 aromatic carbocycles. The first kappa shape index (κ1) is 17.2. The molecule has 3 nitrogen and oxygen atoms in total. The number of hydrogen-bond acceptors (Lipinski definition) is 2. The Morgan fingerprint density at radius 1 is 1.25 bits per heavy atom. The third-order valence-electron chi connectivity index (χ3n) is 4.39. The van der Waals surface area contributed by atoms with Gasteiger partial charge in [0.25, 0.3) is 0 Å². The second kappa shape index (κ2) is 7.53. The average Bonchev–Trinajstić information content (AvgIpc) is 2.58. The molecule has 0 fully saturated rings. The number of hydrogen-bond donors (Lipinski definition) is 2. The van der Waals surface area contributed by atoms with E-state index in [0.29, 0.717) is 5.11 Å². The molecule has 3 rings (SSSR count). The molecule has 5 heteroatoms. The SMILES string of the molecule is COc1ccc2c(c1)CCCC2NC(=S)Nc1ccc(Br)c(C)c1. The highest BCUT2D eigenvalue weighted by Gasteiger charge is 2.21. The van der Waals surface area contributed by atoms with Crippen LogP contribution in [0.1, 0.15) is 35.6 Å². The van der Waals surface area contributed by atoms with Gasteiger partial charge in [0.1, 0.15) is 5.75 Å². The van der Waals surface area contributed by atoms with Gasteiger partial charge in [0.05, 0.1) is 13.2 Å². The predicted octanol–water partition coefficient (Wildman–Crippen LogP) is 5.13. The first-order valence-corrected chi connectivity index (χ1v) is 9.27. The molecule has 0 spiro atoms. The number of rotatable bonds is 3. The molecule has 126 valence electrons. The molecule has 24 heavy (non-hydrogen) atoms. The number of ether oxygens (including phenoxy) is 1. The number of methoxy groups -OCH3 is 1. The Morgan fingerprint density at radius 2 is 2.08 bits per heavy atom. The van der Waals surface area contributed by atoms with Gasteiger partial charge in [0.2, 0.25) is 0 Å². The highest BCUT2D eigenvalue weighted by molar-refractivity contribution is 9.10. The normalized spacial score (nSPS) is 16.2. The van der Waals surface area contributed by atoms with Crippen molar-refractivity contribution >= 4 is 38.9 Å². The van der Waals surface area contributed by atoms with Crippen LogP contribution >= 0.6 is 28.1 Å². The maximum absolute atomic E-state index is 5.51. The van der Waals surface area contributed by atoms with Gasteiger partial charge in [-0.3, -0.25) is 0 Å². The second-order valence-electron chi connectivity index (χ2n) is 6.07. The van der Waals surface area contributed by atoms with E-state index in [9.17, 15) is 0 Å². The summed E-state index contributed by atoms with van der Waals surface area (Å²) in [5.74, 6) is 0.917. The van der Waals surface area contributed by atoms with Crippen LogP contribution in [0.2, 0.25) is 0 Å². The molecule has 0 heterocycles. The first-order chi connectivity index (χ1) is 11.6. The molecule has 0 amide bonds. The van der Waals surface area contributed by atoms with Crippen molar-refractivity contribution in [2.75, 3.05) is 12.4 Å². The van der Waals surface area contributed by atoms with Crippen LogP contribution in [0, 0.1) is 6.92 Å². The second-order valence-corrected chi connectivity index (χ2v) is 7.33. The van der Waals surface area contributed by atoms with Crippen molar-refractivity contribution in [2.24, 2.45) is 0 Å². The number of aryl methyl sites for hydroxylation is 2. The van der Waals surface area contributed by atoms with Crippen molar-refractivity contribution in [3.05, 3.63) is 57.6 Å². The summed E-state index contributed by atoms with van der Waals surface area (Å²) in [6, 6.07) is 12.7. The summed E-state index contributed by atoms with van der Waals surface area (Å²) in [7, 11) is 1.71. The van der Waals surface area contributed by atoms with Gasteiger partial charge < -0.3 is 15.4 Å². The van der Waals surface area contributed by atoms with Crippen LogP contribution in [0.15, 0.2) is 40.9 Å². The number of halogens is 1. The van der Waals surface area contributed by atoms with Crippen LogP contribution in [0.4, 0.5) is 5.69 Å². The van der Waals surface area contributed by atoms with Crippen LogP contribution in [0.25, 0.3) is 0 Å². The van der Waals surface area contributed by atoms with Crippen LogP contribution in [-0.2, 0) is 6.42 Å². The topological polar surface area (TPSA) is 33.3 Å². The Labute approximate surface area is 156 Å². The molecular weight excluding hydrogens is 384 g/mol. The quantitative estimate of drug-likeness (QED) is 0.694. The Bertz CT molecular complexity index is 763. The van der Waals surface area contributed by atoms with Crippen molar-refractivity contribution in [1.82, 2.24) is 5.32 Å². The lowest BCUT2D eigenvalue weighted by Crippen LogP contribution is -2.34. The van der Waals surface area contributed by atoms with Crippen LogP contribution in [-0.4, -0.2) is 12.2 Å². The fourth-order valence-corrected chi connectivity index (χ4v) is 3.62. The van der Waals surface area contributed by atoms with Gasteiger partial charge in [-0.1, -0.05) is 22.0 Å². The number of nitrogens with one attached hydrogen (secondary N) is 2. The molecule has 0 radical (unpaired) electrons. The van der Waals surface area contributed by atoms with Crippen molar-refractivity contribution in [2.45, 2.75) is 32.2 Å². The minimum atomic E-state index is 0.246. The maximum Gasteiger partial charge on any atom is 0.171 e. The Balaban J connectivity index is 1.70. The fourth-order valence-electron chi connectivity index (χ4n) is 3.12. The molecular formula is C19H21BrN2OS. The molecule has 0 aromatic heterocycles. The minimum Gasteiger partial charge on any atom is -0.497 e. The largest absolute Gasteiger partial charge is 0.497 e. The molecule has 2 aromatic rings. The molecule has 1 aliphatic rings. The summed E-state index contributed by atoms with van der Waals surface area (Å²) in [5, 5.41) is 7.41. The zero-order chi connectivity index (χ0) is 17.1. The van der Waals surface area contributed by atoms with Gasteiger partial charge in [-0.2, -0.15) is 0 Å². The summed E-state index contributed by atoms with van der Waals surface area (Å²) >= 11 is 9.03. The fraction of sp³-hybridized carbons (Fsp3) is 0.316. The zero-order valence-corrected chi connectivity index (χ0v) is 16.3. The van der Waals surface area contributed by atoms with Gasteiger partial charge in [-0.15, -0.1) is 0 Å². The molecule has 0 saturated carbocycles. The van der Waals surface area contributed by atoms with Crippen LogP contribution < -0.4 is 15.4 Å². The van der Waals surface area contributed by atoms with E-state index in [4.69, 9.17) is 17.0 Å². The lowest BCUT2D eigenvalue weighted by molar-refractivity contribution is 0.412. The van der Waals surface area contributed by atoms with Gasteiger partial charge in [0, 0.05) is 10.2 Å². The van der Waals surface area contributed by atoms with Crippen molar-refractivity contribution in [1.29, 1.82) is 0 Å². The molecule has 0 bridgehead atoms. The maximum atomic E-state index is 5.51. The van der Waals surface area contributed by atoms with Gasteiger partial charge in [-0.25, -0.2) is 0 Å². The van der Waals surface area contributed by atoms with Gasteiger partial charge in [-0.05, 0) is 85.4 Å².